The van der Waals surface area contributed by atoms with Crippen LogP contribution in [0.3, 0.4) is 0 Å². The highest BCUT2D eigenvalue weighted by Crippen LogP contribution is 1.90. The molecule has 0 rings (SSSR count). The van der Waals surface area contributed by atoms with Gasteiger partial charge in [0.2, 0.25) is 0 Å². The molecule has 0 bridgehead atoms. The quantitative estimate of drug-likeness (QED) is 0.395. The number of rotatable bonds is 4. The van der Waals surface area contributed by atoms with Gasteiger partial charge in [0, 0.05) is 6.08 Å². The largest absolute Gasteiger partial charge is 0.457 e. The fraction of sp³-hybridized carbons (Fsp3) is 0.667. The van der Waals surface area contributed by atoms with Gasteiger partial charge < -0.3 is 9.22 Å². The molecule has 0 saturated heterocycles. The number of allylic oxidation sites excluding steroid dienone is 1. The van der Waals surface area contributed by atoms with E-state index in [0.29, 0.717) is 6.61 Å². The second-order valence-corrected chi connectivity index (χ2v) is 3.68. The summed E-state index contributed by atoms with van der Waals surface area (Å²) in [5, 5.41) is 0. The smallest absolute Gasteiger partial charge is 0.330 e. The summed E-state index contributed by atoms with van der Waals surface area (Å²) in [5.74, 6) is -0.258. The standard InChI is InChI=1S/C9H18NO2.ClH/c1-5-6-9(11)12-8-7-10(2,3)4;/h5-6H,7-8H2,1-4H3;1H/q+1;. The summed E-state index contributed by atoms with van der Waals surface area (Å²) in [4.78, 5) is 10.8. The lowest BCUT2D eigenvalue weighted by molar-refractivity contribution is -0.870. The van der Waals surface area contributed by atoms with Crippen molar-refractivity contribution >= 4 is 18.4 Å². The molecule has 3 nitrogen and oxygen atoms in total. The number of esters is 1. The normalized spacial score (nSPS) is 11.1. The Kier molecular flexibility index (Phi) is 7.96. The lowest BCUT2D eigenvalue weighted by atomic mass is 10.5. The van der Waals surface area contributed by atoms with Crippen molar-refractivity contribution in [3.63, 3.8) is 0 Å². The molecule has 0 saturated carbocycles. The topological polar surface area (TPSA) is 26.3 Å². The van der Waals surface area contributed by atoms with Crippen LogP contribution in [0.4, 0.5) is 0 Å². The molecular weight excluding hydrogens is 190 g/mol. The summed E-state index contributed by atoms with van der Waals surface area (Å²) in [6.07, 6.45) is 3.10. The van der Waals surface area contributed by atoms with E-state index >= 15 is 0 Å². The first-order chi connectivity index (χ1) is 5.45. The first-order valence-electron chi connectivity index (χ1n) is 4.05. The fourth-order valence-corrected chi connectivity index (χ4v) is 0.604. The minimum absolute atomic E-state index is 0. The third-order valence-corrected chi connectivity index (χ3v) is 1.31. The van der Waals surface area contributed by atoms with Crippen LogP contribution in [0, 0.1) is 0 Å². The predicted octanol–water partition coefficient (Wildman–Crippen LogP) is 1.23. The van der Waals surface area contributed by atoms with E-state index in [4.69, 9.17) is 4.74 Å². The van der Waals surface area contributed by atoms with Gasteiger partial charge in [-0.3, -0.25) is 0 Å². The van der Waals surface area contributed by atoms with E-state index in [1.165, 1.54) is 6.08 Å². The minimum Gasteiger partial charge on any atom is -0.457 e. The van der Waals surface area contributed by atoms with Crippen LogP contribution in [0.2, 0.25) is 0 Å². The van der Waals surface area contributed by atoms with Gasteiger partial charge in [-0.25, -0.2) is 4.79 Å². The van der Waals surface area contributed by atoms with Gasteiger partial charge in [-0.15, -0.1) is 12.4 Å². The fourth-order valence-electron chi connectivity index (χ4n) is 0.604. The summed E-state index contributed by atoms with van der Waals surface area (Å²) in [6, 6.07) is 0. The van der Waals surface area contributed by atoms with Gasteiger partial charge in [-0.05, 0) is 6.92 Å². The zero-order valence-electron chi connectivity index (χ0n) is 8.74. The van der Waals surface area contributed by atoms with Crippen molar-refractivity contribution in [3.8, 4) is 0 Å². The highest BCUT2D eigenvalue weighted by Gasteiger charge is 2.07. The number of nitrogens with zero attached hydrogens (tertiary/aromatic N) is 1. The number of carbonyl (C=O) groups excluding carboxylic acids is 1. The van der Waals surface area contributed by atoms with Crippen LogP contribution in [0.1, 0.15) is 6.92 Å². The molecule has 0 unspecified atom stereocenters. The number of carbonyl (C=O) groups is 1. The predicted molar refractivity (Wildman–Crippen MR) is 55.9 cm³/mol. The van der Waals surface area contributed by atoms with E-state index in [1.54, 1.807) is 13.0 Å². The minimum atomic E-state index is -0.258. The average Bonchev–Trinajstić information content (AvgIpc) is 1.84. The summed E-state index contributed by atoms with van der Waals surface area (Å²) in [6.45, 7) is 3.11. The molecule has 0 N–H and O–H groups in total. The molecule has 0 radical (unpaired) electrons. The van der Waals surface area contributed by atoms with Crippen LogP contribution in [-0.4, -0.2) is 44.7 Å². The molecule has 0 aromatic carbocycles. The molecule has 78 valence electrons. The Morgan fingerprint density at radius 2 is 1.92 bits per heavy atom. The van der Waals surface area contributed by atoms with Crippen molar-refractivity contribution in [3.05, 3.63) is 12.2 Å². The maximum atomic E-state index is 10.8. The van der Waals surface area contributed by atoms with Gasteiger partial charge in [0.05, 0.1) is 21.1 Å². The molecule has 0 aromatic rings. The van der Waals surface area contributed by atoms with Crippen molar-refractivity contribution in [1.82, 2.24) is 0 Å². The molecule has 0 fully saturated rings. The van der Waals surface area contributed by atoms with E-state index in [9.17, 15) is 4.79 Å². The molecule has 0 aliphatic carbocycles. The molecular formula is C9H19ClNO2+. The highest BCUT2D eigenvalue weighted by atomic mass is 35.5. The van der Waals surface area contributed by atoms with Crippen molar-refractivity contribution in [1.29, 1.82) is 0 Å². The molecule has 0 aliphatic rings. The van der Waals surface area contributed by atoms with Crippen molar-refractivity contribution in [2.24, 2.45) is 0 Å². The lowest BCUT2D eigenvalue weighted by Crippen LogP contribution is -2.37. The Labute approximate surface area is 86.4 Å². The second kappa shape index (κ2) is 6.92. The maximum Gasteiger partial charge on any atom is 0.330 e. The first kappa shape index (κ1) is 15.0. The van der Waals surface area contributed by atoms with Gasteiger partial charge in [0.25, 0.3) is 0 Å². The van der Waals surface area contributed by atoms with E-state index in [2.05, 4.69) is 21.1 Å². The molecule has 0 spiro atoms. The zero-order valence-corrected chi connectivity index (χ0v) is 9.56. The lowest BCUT2D eigenvalue weighted by Gasteiger charge is -2.23. The Bertz CT molecular complexity index is 173. The van der Waals surface area contributed by atoms with Crippen molar-refractivity contribution in [2.45, 2.75) is 6.92 Å². The van der Waals surface area contributed by atoms with Crippen LogP contribution in [0.5, 0.6) is 0 Å². The SMILES string of the molecule is CC=CC(=O)OCC[N+](C)(C)C.Cl. The number of hydrogen-bond acceptors (Lipinski definition) is 2. The van der Waals surface area contributed by atoms with Crippen LogP contribution < -0.4 is 0 Å². The number of quaternary nitrogens is 1. The van der Waals surface area contributed by atoms with Crippen molar-refractivity contribution < 1.29 is 14.0 Å². The Balaban J connectivity index is 0. The Morgan fingerprint density at radius 1 is 1.38 bits per heavy atom. The molecule has 4 heteroatoms. The third-order valence-electron chi connectivity index (χ3n) is 1.31. The Morgan fingerprint density at radius 3 is 2.31 bits per heavy atom. The van der Waals surface area contributed by atoms with Gasteiger partial charge in [0.15, 0.2) is 0 Å². The van der Waals surface area contributed by atoms with E-state index in [1.807, 2.05) is 0 Å². The molecule has 0 heterocycles. The molecule has 0 aromatic heterocycles. The number of halogens is 1. The number of ether oxygens (including phenoxy) is 1. The van der Waals surface area contributed by atoms with Crippen molar-refractivity contribution in [2.75, 3.05) is 34.3 Å². The van der Waals surface area contributed by atoms with Gasteiger partial charge in [-0.2, -0.15) is 0 Å². The van der Waals surface area contributed by atoms with E-state index < -0.39 is 0 Å². The summed E-state index contributed by atoms with van der Waals surface area (Å²) < 4.78 is 5.73. The van der Waals surface area contributed by atoms with Gasteiger partial charge in [-0.1, -0.05) is 6.08 Å². The molecule has 0 atom stereocenters. The average molecular weight is 209 g/mol. The second-order valence-electron chi connectivity index (χ2n) is 3.68. The first-order valence-corrected chi connectivity index (χ1v) is 4.05. The van der Waals surface area contributed by atoms with Gasteiger partial charge >= 0.3 is 5.97 Å². The van der Waals surface area contributed by atoms with Crippen LogP contribution >= 0.6 is 12.4 Å². The van der Waals surface area contributed by atoms with Crippen LogP contribution in [0.15, 0.2) is 12.2 Å². The summed E-state index contributed by atoms with van der Waals surface area (Å²) in [5.41, 5.74) is 0. The monoisotopic (exact) mass is 208 g/mol. The molecule has 13 heavy (non-hydrogen) atoms. The van der Waals surface area contributed by atoms with Crippen LogP contribution in [0.25, 0.3) is 0 Å². The third kappa shape index (κ3) is 11.5. The highest BCUT2D eigenvalue weighted by molar-refractivity contribution is 5.85. The van der Waals surface area contributed by atoms with Crippen LogP contribution in [-0.2, 0) is 9.53 Å². The Hall–Kier alpha value is -0.540. The van der Waals surface area contributed by atoms with Gasteiger partial charge in [0.1, 0.15) is 13.2 Å². The summed E-state index contributed by atoms with van der Waals surface area (Å²) >= 11 is 0. The van der Waals surface area contributed by atoms with E-state index in [-0.39, 0.29) is 18.4 Å². The summed E-state index contributed by atoms with van der Waals surface area (Å²) in [7, 11) is 6.18. The number of likely N-dealkylation sites (N-methyl/N-ethyl adjacent to an activating group) is 1. The molecule has 0 amide bonds. The molecule has 0 aliphatic heterocycles. The zero-order chi connectivity index (χ0) is 9.61. The maximum absolute atomic E-state index is 10.8. The van der Waals surface area contributed by atoms with E-state index in [0.717, 1.165) is 11.0 Å². The number of hydrogen-bond donors (Lipinski definition) is 0.